The number of para-hydroxylation sites is 1. The molecule has 0 radical (unpaired) electrons. The van der Waals surface area contributed by atoms with Crippen LogP contribution in [0.2, 0.25) is 0 Å². The first-order valence-electron chi connectivity index (χ1n) is 7.75. The summed E-state index contributed by atoms with van der Waals surface area (Å²) in [6.07, 6.45) is 3.06. The van der Waals surface area contributed by atoms with Crippen molar-refractivity contribution in [3.63, 3.8) is 0 Å². The van der Waals surface area contributed by atoms with Crippen molar-refractivity contribution in [2.24, 2.45) is 5.41 Å². The third kappa shape index (κ3) is 2.64. The van der Waals surface area contributed by atoms with E-state index in [1.54, 1.807) is 0 Å². The summed E-state index contributed by atoms with van der Waals surface area (Å²) in [6, 6.07) is 5.78. The van der Waals surface area contributed by atoms with Crippen molar-refractivity contribution in [1.82, 2.24) is 5.32 Å². The molecular weight excluding hydrogens is 266 g/mol. The number of hydrogen-bond acceptors (Lipinski definition) is 3. The lowest BCUT2D eigenvalue weighted by atomic mass is 9.96. The van der Waals surface area contributed by atoms with Crippen LogP contribution in [-0.2, 0) is 0 Å². The Balaban J connectivity index is 1.72. The van der Waals surface area contributed by atoms with Gasteiger partial charge in [-0.2, -0.15) is 0 Å². The average molecular weight is 289 g/mol. The Bertz CT molecular complexity index is 551. The van der Waals surface area contributed by atoms with Crippen LogP contribution in [0.25, 0.3) is 0 Å². The topological polar surface area (TPSA) is 58.6 Å². The van der Waals surface area contributed by atoms with Gasteiger partial charge in [0.15, 0.2) is 0 Å². The second-order valence-corrected chi connectivity index (χ2v) is 6.49. The van der Waals surface area contributed by atoms with Crippen LogP contribution in [0, 0.1) is 5.41 Å². The number of benzene rings is 1. The van der Waals surface area contributed by atoms with E-state index in [1.807, 2.05) is 25.1 Å². The average Bonchev–Trinajstić information content (AvgIpc) is 3.18. The fraction of sp³-hybridized carbons (Fsp3) is 0.588. The number of carbonyl (C=O) groups is 1. The minimum atomic E-state index is -0.0719. The minimum Gasteiger partial charge on any atom is -0.489 e. The maximum atomic E-state index is 12.4. The number of hydrogen-bond donors (Lipinski definition) is 2. The van der Waals surface area contributed by atoms with Crippen molar-refractivity contribution in [3.05, 3.63) is 29.3 Å². The first-order chi connectivity index (χ1) is 10.1. The molecule has 0 bridgehead atoms. The molecule has 1 aliphatic carbocycles. The highest BCUT2D eigenvalue weighted by atomic mass is 16.5. The summed E-state index contributed by atoms with van der Waals surface area (Å²) in [5, 5.41) is 12.1. The SMILES string of the molecule is CC1Oc2c(C(=O)NCC3(CCO)CC3)cccc2C1C. The van der Waals surface area contributed by atoms with E-state index in [0.717, 1.165) is 30.6 Å². The summed E-state index contributed by atoms with van der Waals surface area (Å²) in [6.45, 7) is 4.99. The summed E-state index contributed by atoms with van der Waals surface area (Å²) in [5.74, 6) is 0.983. The maximum Gasteiger partial charge on any atom is 0.255 e. The standard InChI is InChI=1S/C17H23NO3/c1-11-12(2)21-15-13(11)4-3-5-14(15)16(20)18-10-17(6-7-17)8-9-19/h3-5,11-12,19H,6-10H2,1-2H3,(H,18,20). The normalized spacial score (nSPS) is 25.1. The Hall–Kier alpha value is -1.55. The predicted octanol–water partition coefficient (Wildman–Crippen LogP) is 2.46. The van der Waals surface area contributed by atoms with Crippen LogP contribution in [0.3, 0.4) is 0 Å². The lowest BCUT2D eigenvalue weighted by Crippen LogP contribution is -2.31. The van der Waals surface area contributed by atoms with Crippen molar-refractivity contribution in [3.8, 4) is 5.75 Å². The summed E-state index contributed by atoms with van der Waals surface area (Å²) < 4.78 is 5.87. The molecule has 1 saturated carbocycles. The fourth-order valence-electron chi connectivity index (χ4n) is 3.06. The van der Waals surface area contributed by atoms with Gasteiger partial charge in [0.05, 0.1) is 5.56 Å². The Morgan fingerprint density at radius 2 is 2.19 bits per heavy atom. The molecule has 4 nitrogen and oxygen atoms in total. The number of ether oxygens (including phenoxy) is 1. The second-order valence-electron chi connectivity index (χ2n) is 6.49. The molecule has 1 aromatic rings. The minimum absolute atomic E-state index is 0.0719. The van der Waals surface area contributed by atoms with Gasteiger partial charge in [0, 0.05) is 24.6 Å². The molecule has 4 heteroatoms. The molecular formula is C17H23NO3. The van der Waals surface area contributed by atoms with Crippen molar-refractivity contribution >= 4 is 5.91 Å². The van der Waals surface area contributed by atoms with Gasteiger partial charge in [-0.3, -0.25) is 4.79 Å². The molecule has 21 heavy (non-hydrogen) atoms. The Kier molecular flexibility index (Phi) is 3.66. The molecule has 3 rings (SSSR count). The van der Waals surface area contributed by atoms with E-state index in [1.165, 1.54) is 0 Å². The molecule has 1 aliphatic heterocycles. The van der Waals surface area contributed by atoms with E-state index in [0.29, 0.717) is 18.0 Å². The Morgan fingerprint density at radius 1 is 1.43 bits per heavy atom. The molecule has 0 aromatic heterocycles. The molecule has 2 aliphatic rings. The zero-order valence-corrected chi connectivity index (χ0v) is 12.7. The van der Waals surface area contributed by atoms with Crippen LogP contribution in [-0.4, -0.2) is 30.3 Å². The third-order valence-corrected chi connectivity index (χ3v) is 5.01. The molecule has 2 atom stereocenters. The summed E-state index contributed by atoms with van der Waals surface area (Å²) in [4.78, 5) is 12.4. The Labute approximate surface area is 125 Å². The molecule has 1 heterocycles. The van der Waals surface area contributed by atoms with Crippen LogP contribution in [0.15, 0.2) is 18.2 Å². The van der Waals surface area contributed by atoms with E-state index >= 15 is 0 Å². The highest BCUT2D eigenvalue weighted by molar-refractivity contribution is 5.97. The van der Waals surface area contributed by atoms with Gasteiger partial charge in [-0.05, 0) is 37.7 Å². The lowest BCUT2D eigenvalue weighted by molar-refractivity contribution is 0.0936. The van der Waals surface area contributed by atoms with Gasteiger partial charge < -0.3 is 15.2 Å². The van der Waals surface area contributed by atoms with Gasteiger partial charge in [-0.1, -0.05) is 19.1 Å². The second kappa shape index (κ2) is 5.34. The van der Waals surface area contributed by atoms with Gasteiger partial charge in [0.2, 0.25) is 0 Å². The molecule has 2 N–H and O–H groups in total. The number of rotatable bonds is 5. The van der Waals surface area contributed by atoms with Crippen LogP contribution < -0.4 is 10.1 Å². The number of nitrogens with one attached hydrogen (secondary N) is 1. The summed E-state index contributed by atoms with van der Waals surface area (Å²) >= 11 is 0. The largest absolute Gasteiger partial charge is 0.489 e. The van der Waals surface area contributed by atoms with E-state index < -0.39 is 0 Å². The summed E-state index contributed by atoms with van der Waals surface area (Å²) in [7, 11) is 0. The van der Waals surface area contributed by atoms with E-state index in [9.17, 15) is 4.79 Å². The van der Waals surface area contributed by atoms with Crippen LogP contribution in [0.4, 0.5) is 0 Å². The Morgan fingerprint density at radius 3 is 2.86 bits per heavy atom. The van der Waals surface area contributed by atoms with Crippen molar-refractivity contribution in [2.75, 3.05) is 13.2 Å². The first kappa shape index (κ1) is 14.4. The highest BCUT2D eigenvalue weighted by Crippen LogP contribution is 2.48. The van der Waals surface area contributed by atoms with E-state index in [-0.39, 0.29) is 24.0 Å². The molecule has 0 spiro atoms. The van der Waals surface area contributed by atoms with Gasteiger partial charge in [0.1, 0.15) is 11.9 Å². The number of carbonyl (C=O) groups excluding carboxylic acids is 1. The van der Waals surface area contributed by atoms with Crippen molar-refractivity contribution < 1.29 is 14.6 Å². The molecule has 1 fully saturated rings. The lowest BCUT2D eigenvalue weighted by Gasteiger charge is -2.15. The van der Waals surface area contributed by atoms with Crippen LogP contribution in [0.1, 0.15) is 54.9 Å². The maximum absolute atomic E-state index is 12.4. The van der Waals surface area contributed by atoms with Gasteiger partial charge in [-0.25, -0.2) is 0 Å². The van der Waals surface area contributed by atoms with Gasteiger partial charge in [-0.15, -0.1) is 0 Å². The first-order valence-corrected chi connectivity index (χ1v) is 7.75. The zero-order valence-electron chi connectivity index (χ0n) is 12.7. The third-order valence-electron chi connectivity index (χ3n) is 5.01. The highest BCUT2D eigenvalue weighted by Gasteiger charge is 2.42. The number of aliphatic hydroxyl groups excluding tert-OH is 1. The van der Waals surface area contributed by atoms with E-state index in [4.69, 9.17) is 9.84 Å². The molecule has 114 valence electrons. The fourth-order valence-corrected chi connectivity index (χ4v) is 3.06. The van der Waals surface area contributed by atoms with Crippen molar-refractivity contribution in [2.45, 2.75) is 45.1 Å². The number of amides is 1. The van der Waals surface area contributed by atoms with Crippen LogP contribution in [0.5, 0.6) is 5.75 Å². The number of fused-ring (bicyclic) bond motifs is 1. The monoisotopic (exact) mass is 289 g/mol. The molecule has 2 unspecified atom stereocenters. The molecule has 0 saturated heterocycles. The van der Waals surface area contributed by atoms with Gasteiger partial charge >= 0.3 is 0 Å². The molecule has 1 amide bonds. The van der Waals surface area contributed by atoms with Crippen LogP contribution >= 0.6 is 0 Å². The van der Waals surface area contributed by atoms with Crippen molar-refractivity contribution in [1.29, 1.82) is 0 Å². The summed E-state index contributed by atoms with van der Waals surface area (Å²) in [5.41, 5.74) is 1.87. The van der Waals surface area contributed by atoms with E-state index in [2.05, 4.69) is 12.2 Å². The van der Waals surface area contributed by atoms with Gasteiger partial charge in [0.25, 0.3) is 5.91 Å². The predicted molar refractivity (Wildman–Crippen MR) is 80.7 cm³/mol. The quantitative estimate of drug-likeness (QED) is 0.875. The molecule has 1 aromatic carbocycles. The zero-order chi connectivity index (χ0) is 15.0. The smallest absolute Gasteiger partial charge is 0.255 e. The number of aliphatic hydroxyl groups is 1.